The number of rotatable bonds is 5. The molecule has 0 bridgehead atoms. The monoisotopic (exact) mass is 333 g/mol. The van der Waals surface area contributed by atoms with Gasteiger partial charge >= 0.3 is 0 Å². The molecular formula is C18H31N5O. The van der Waals surface area contributed by atoms with Crippen LogP contribution in [0.1, 0.15) is 44.5 Å². The van der Waals surface area contributed by atoms with E-state index >= 15 is 0 Å². The van der Waals surface area contributed by atoms with E-state index in [1.807, 2.05) is 24.3 Å². The SMILES string of the molecule is CCN1C(=O)CC[C@H](CNC2CCN(C)CC2)[C@H]1c1nccn1C. The molecule has 1 aromatic heterocycles. The maximum absolute atomic E-state index is 12.4. The van der Waals surface area contributed by atoms with E-state index in [2.05, 4.69) is 33.7 Å². The summed E-state index contributed by atoms with van der Waals surface area (Å²) in [5.74, 6) is 1.71. The molecule has 0 unspecified atom stereocenters. The topological polar surface area (TPSA) is 53.4 Å². The third-order valence-electron chi connectivity index (χ3n) is 5.68. The van der Waals surface area contributed by atoms with Crippen LogP contribution in [0.2, 0.25) is 0 Å². The van der Waals surface area contributed by atoms with Gasteiger partial charge in [0.15, 0.2) is 0 Å². The summed E-state index contributed by atoms with van der Waals surface area (Å²) in [7, 11) is 4.22. The van der Waals surface area contributed by atoms with Gasteiger partial charge in [0, 0.05) is 45.0 Å². The average molecular weight is 333 g/mol. The van der Waals surface area contributed by atoms with E-state index in [4.69, 9.17) is 0 Å². The van der Waals surface area contributed by atoms with Crippen LogP contribution in [-0.4, -0.2) is 64.5 Å². The molecule has 0 saturated carbocycles. The molecule has 6 nitrogen and oxygen atoms in total. The second-order valence-corrected chi connectivity index (χ2v) is 7.31. The summed E-state index contributed by atoms with van der Waals surface area (Å²) < 4.78 is 2.06. The third-order valence-corrected chi connectivity index (χ3v) is 5.68. The Morgan fingerprint density at radius 2 is 2.00 bits per heavy atom. The minimum atomic E-state index is 0.0926. The van der Waals surface area contributed by atoms with E-state index in [1.54, 1.807) is 0 Å². The number of nitrogens with zero attached hydrogens (tertiary/aromatic N) is 4. The Bertz CT molecular complexity index is 549. The quantitative estimate of drug-likeness (QED) is 0.885. The van der Waals surface area contributed by atoms with Crippen molar-refractivity contribution >= 4 is 5.91 Å². The first kappa shape index (κ1) is 17.4. The zero-order valence-corrected chi connectivity index (χ0v) is 15.2. The molecule has 0 aliphatic carbocycles. The standard InChI is InChI=1S/C18H31N5O/c1-4-23-16(24)6-5-14(17(23)18-19-9-12-22(18)3)13-20-15-7-10-21(2)11-8-15/h9,12,14-15,17,20H,4-8,10-11,13H2,1-3H3/t14-,17+/m1/s1. The summed E-state index contributed by atoms with van der Waals surface area (Å²) in [5.41, 5.74) is 0. The van der Waals surface area contributed by atoms with Crippen LogP contribution >= 0.6 is 0 Å². The molecule has 2 aliphatic heterocycles. The van der Waals surface area contributed by atoms with E-state index < -0.39 is 0 Å². The van der Waals surface area contributed by atoms with Gasteiger partial charge in [-0.1, -0.05) is 0 Å². The lowest BCUT2D eigenvalue weighted by Gasteiger charge is -2.41. The number of carbonyl (C=O) groups is 1. The van der Waals surface area contributed by atoms with Crippen LogP contribution in [0.5, 0.6) is 0 Å². The maximum Gasteiger partial charge on any atom is 0.223 e. The lowest BCUT2D eigenvalue weighted by Crippen LogP contribution is -2.49. The van der Waals surface area contributed by atoms with Crippen molar-refractivity contribution in [1.82, 2.24) is 24.7 Å². The second kappa shape index (κ2) is 7.66. The molecule has 1 aromatic rings. The van der Waals surface area contributed by atoms with Gasteiger partial charge in [0.25, 0.3) is 0 Å². The molecule has 24 heavy (non-hydrogen) atoms. The van der Waals surface area contributed by atoms with E-state index in [-0.39, 0.29) is 11.9 Å². The number of amides is 1. The molecule has 3 heterocycles. The van der Waals surface area contributed by atoms with Crippen molar-refractivity contribution < 1.29 is 4.79 Å². The first-order valence-corrected chi connectivity index (χ1v) is 9.28. The van der Waals surface area contributed by atoms with Gasteiger partial charge in [-0.15, -0.1) is 0 Å². The first-order chi connectivity index (χ1) is 11.6. The average Bonchev–Trinajstić information content (AvgIpc) is 3.00. The Morgan fingerprint density at radius 1 is 1.25 bits per heavy atom. The van der Waals surface area contributed by atoms with Crippen LogP contribution in [0.15, 0.2) is 12.4 Å². The summed E-state index contributed by atoms with van der Waals surface area (Å²) >= 11 is 0. The number of hydrogen-bond acceptors (Lipinski definition) is 4. The number of imidazole rings is 1. The van der Waals surface area contributed by atoms with Gasteiger partial charge in [-0.05, 0) is 52.2 Å². The van der Waals surface area contributed by atoms with Crippen molar-refractivity contribution in [1.29, 1.82) is 0 Å². The van der Waals surface area contributed by atoms with E-state index in [0.29, 0.717) is 18.4 Å². The zero-order chi connectivity index (χ0) is 17.1. The second-order valence-electron chi connectivity index (χ2n) is 7.31. The number of aryl methyl sites for hydroxylation is 1. The molecule has 2 aliphatic rings. The molecule has 0 spiro atoms. The Labute approximate surface area is 145 Å². The summed E-state index contributed by atoms with van der Waals surface area (Å²) in [6, 6.07) is 0.700. The van der Waals surface area contributed by atoms with Crippen molar-refractivity contribution in [2.45, 2.75) is 44.7 Å². The van der Waals surface area contributed by atoms with Crippen molar-refractivity contribution in [2.24, 2.45) is 13.0 Å². The maximum atomic E-state index is 12.4. The van der Waals surface area contributed by atoms with Crippen molar-refractivity contribution in [3.8, 4) is 0 Å². The normalized spacial score (nSPS) is 27.0. The first-order valence-electron chi connectivity index (χ1n) is 9.28. The van der Waals surface area contributed by atoms with Crippen molar-refractivity contribution in [3.05, 3.63) is 18.2 Å². The predicted molar refractivity (Wildman–Crippen MR) is 94.6 cm³/mol. The van der Waals surface area contributed by atoms with Crippen LogP contribution in [0.4, 0.5) is 0 Å². The molecule has 2 atom stereocenters. The Morgan fingerprint density at radius 3 is 2.62 bits per heavy atom. The van der Waals surface area contributed by atoms with Crippen molar-refractivity contribution in [3.63, 3.8) is 0 Å². The summed E-state index contributed by atoms with van der Waals surface area (Å²) in [5, 5.41) is 3.78. The molecule has 2 saturated heterocycles. The van der Waals surface area contributed by atoms with E-state index in [9.17, 15) is 4.79 Å². The lowest BCUT2D eigenvalue weighted by atomic mass is 9.87. The van der Waals surface area contributed by atoms with Gasteiger partial charge in [-0.25, -0.2) is 4.98 Å². The van der Waals surface area contributed by atoms with Crippen molar-refractivity contribution in [2.75, 3.05) is 33.2 Å². The Kier molecular flexibility index (Phi) is 5.56. The molecule has 1 N–H and O–H groups in total. The number of likely N-dealkylation sites (tertiary alicyclic amines) is 2. The highest BCUT2D eigenvalue weighted by Gasteiger charge is 2.38. The summed E-state index contributed by atoms with van der Waals surface area (Å²) in [6.07, 6.45) is 7.86. The molecule has 3 rings (SSSR count). The molecular weight excluding hydrogens is 302 g/mol. The highest BCUT2D eigenvalue weighted by Crippen LogP contribution is 2.35. The van der Waals surface area contributed by atoms with Gasteiger partial charge in [-0.2, -0.15) is 0 Å². The fraction of sp³-hybridized carbons (Fsp3) is 0.778. The number of nitrogens with one attached hydrogen (secondary N) is 1. The van der Waals surface area contributed by atoms with Crippen LogP contribution in [0.3, 0.4) is 0 Å². The zero-order valence-electron chi connectivity index (χ0n) is 15.2. The molecule has 6 heteroatoms. The van der Waals surface area contributed by atoms with Crippen LogP contribution in [0, 0.1) is 5.92 Å². The predicted octanol–water partition coefficient (Wildman–Crippen LogP) is 1.40. The van der Waals surface area contributed by atoms with Gasteiger partial charge in [-0.3, -0.25) is 4.79 Å². The molecule has 134 valence electrons. The summed E-state index contributed by atoms with van der Waals surface area (Å²) in [4.78, 5) is 21.4. The number of piperidine rings is 2. The van der Waals surface area contributed by atoms with Crippen LogP contribution < -0.4 is 5.32 Å². The van der Waals surface area contributed by atoms with E-state index in [0.717, 1.165) is 25.3 Å². The minimum absolute atomic E-state index is 0.0926. The van der Waals surface area contributed by atoms with Gasteiger partial charge < -0.3 is 19.7 Å². The minimum Gasteiger partial charge on any atom is -0.336 e. The van der Waals surface area contributed by atoms with Crippen LogP contribution in [0.25, 0.3) is 0 Å². The Balaban J connectivity index is 1.70. The molecule has 2 fully saturated rings. The lowest BCUT2D eigenvalue weighted by molar-refractivity contribution is -0.139. The van der Waals surface area contributed by atoms with Crippen LogP contribution in [-0.2, 0) is 11.8 Å². The smallest absolute Gasteiger partial charge is 0.223 e. The fourth-order valence-corrected chi connectivity index (χ4v) is 4.15. The van der Waals surface area contributed by atoms with E-state index in [1.165, 1.54) is 25.9 Å². The number of aromatic nitrogens is 2. The molecule has 0 radical (unpaired) electrons. The third kappa shape index (κ3) is 3.64. The fourth-order valence-electron chi connectivity index (χ4n) is 4.15. The molecule has 1 amide bonds. The van der Waals surface area contributed by atoms with Gasteiger partial charge in [0.2, 0.25) is 5.91 Å². The largest absolute Gasteiger partial charge is 0.336 e. The summed E-state index contributed by atoms with van der Waals surface area (Å²) in [6.45, 7) is 6.13. The number of carbonyl (C=O) groups excluding carboxylic acids is 1. The molecule has 0 aromatic carbocycles. The highest BCUT2D eigenvalue weighted by molar-refractivity contribution is 5.77. The van der Waals surface area contributed by atoms with Gasteiger partial charge in [0.05, 0.1) is 6.04 Å². The Hall–Kier alpha value is -1.40. The van der Waals surface area contributed by atoms with Gasteiger partial charge in [0.1, 0.15) is 5.82 Å². The number of hydrogen-bond donors (Lipinski definition) is 1. The highest BCUT2D eigenvalue weighted by atomic mass is 16.2.